The van der Waals surface area contributed by atoms with Gasteiger partial charge in [-0.15, -0.1) is 23.1 Å². The summed E-state index contributed by atoms with van der Waals surface area (Å²) in [7, 11) is 1.50. The van der Waals surface area contributed by atoms with Gasteiger partial charge in [0.15, 0.2) is 0 Å². The Balaban J connectivity index is 1.08. The first-order chi connectivity index (χ1) is 19.3. The van der Waals surface area contributed by atoms with Crippen LogP contribution in [-0.2, 0) is 31.4 Å². The van der Waals surface area contributed by atoms with Gasteiger partial charge in [-0.2, -0.15) is 0 Å². The van der Waals surface area contributed by atoms with Crippen molar-refractivity contribution in [2.75, 3.05) is 7.11 Å². The van der Waals surface area contributed by atoms with E-state index in [4.69, 9.17) is 9.72 Å². The second-order valence-electron chi connectivity index (χ2n) is 12.4. The van der Waals surface area contributed by atoms with Gasteiger partial charge in [-0.1, -0.05) is 6.07 Å². The van der Waals surface area contributed by atoms with Gasteiger partial charge in [-0.3, -0.25) is 24.5 Å². The highest BCUT2D eigenvalue weighted by molar-refractivity contribution is 7.98. The molecule has 8 rings (SSSR count). The maximum Gasteiger partial charge on any atom is 0.316 e. The van der Waals surface area contributed by atoms with Gasteiger partial charge in [0.2, 0.25) is 11.8 Å². The van der Waals surface area contributed by atoms with Crippen LogP contribution < -0.4 is 5.32 Å². The number of fused-ring (bicyclic) bond motifs is 1. The summed E-state index contributed by atoms with van der Waals surface area (Å²) in [5.41, 5.74) is 2.43. The quantitative estimate of drug-likeness (QED) is 0.289. The van der Waals surface area contributed by atoms with Gasteiger partial charge in [-0.25, -0.2) is 4.98 Å². The maximum absolute atomic E-state index is 13.2. The summed E-state index contributed by atoms with van der Waals surface area (Å²) in [4.78, 5) is 58.0. The summed E-state index contributed by atoms with van der Waals surface area (Å²) in [6.45, 7) is 0.350. The third-order valence-electron chi connectivity index (χ3n) is 9.87. The van der Waals surface area contributed by atoms with Crippen molar-refractivity contribution in [2.24, 2.45) is 23.2 Å². The predicted octanol–water partition coefficient (Wildman–Crippen LogP) is 4.67. The molecule has 2 atom stereocenters. The summed E-state index contributed by atoms with van der Waals surface area (Å²) < 4.78 is 5.37. The first-order valence-electron chi connectivity index (χ1n) is 14.2. The number of hydrogen-bond donors (Lipinski definition) is 1. The van der Waals surface area contributed by atoms with Crippen LogP contribution in [0.15, 0.2) is 28.5 Å². The molecule has 8 nitrogen and oxygen atoms in total. The average Bonchev–Trinajstić information content (AvgIpc) is 3.51. The molecule has 2 aliphatic heterocycles. The van der Waals surface area contributed by atoms with E-state index in [0.717, 1.165) is 58.2 Å². The number of nitrogens with one attached hydrogen (secondary N) is 1. The van der Waals surface area contributed by atoms with E-state index < -0.39 is 11.9 Å². The normalized spacial score (nSPS) is 31.3. The zero-order valence-electron chi connectivity index (χ0n) is 22.5. The van der Waals surface area contributed by atoms with E-state index in [1.165, 1.54) is 26.4 Å². The number of piperidine rings is 1. The van der Waals surface area contributed by atoms with Crippen LogP contribution in [0.25, 0.3) is 0 Å². The van der Waals surface area contributed by atoms with E-state index in [0.29, 0.717) is 24.3 Å². The van der Waals surface area contributed by atoms with Gasteiger partial charge in [-0.05, 0) is 85.8 Å². The minimum atomic E-state index is -0.628. The second-order valence-corrected chi connectivity index (χ2v) is 14.3. The molecule has 1 aromatic carbocycles. The number of imide groups is 1. The van der Waals surface area contributed by atoms with E-state index in [2.05, 4.69) is 10.7 Å². The fraction of sp³-hybridized carbons (Fsp3) is 0.567. The number of benzene rings is 1. The van der Waals surface area contributed by atoms with Gasteiger partial charge in [0, 0.05) is 34.6 Å². The van der Waals surface area contributed by atoms with Gasteiger partial charge < -0.3 is 9.64 Å². The van der Waals surface area contributed by atoms with Crippen molar-refractivity contribution in [3.63, 3.8) is 0 Å². The number of rotatable bonds is 7. The number of carbonyl (C=O) groups excluding carboxylic acids is 4. The van der Waals surface area contributed by atoms with Crippen molar-refractivity contribution in [1.29, 1.82) is 0 Å². The standard InChI is InChI=1S/C30H33N3O5S2/c1-38-29(37)25(30-10-16-7-17(11-30)9-18(8-16)12-30)27-31-19(15-40-27)14-39-23-4-2-3-20-21(23)13-33(28(20)36)22-5-6-24(34)32-26(22)35/h2-4,15-18,22,25H,5-14H2,1H3,(H,32,34,35). The molecule has 4 aliphatic carbocycles. The lowest BCUT2D eigenvalue weighted by Gasteiger charge is -2.58. The number of amides is 3. The molecule has 3 heterocycles. The first-order valence-corrected chi connectivity index (χ1v) is 16.1. The van der Waals surface area contributed by atoms with Crippen molar-refractivity contribution in [3.8, 4) is 0 Å². The summed E-state index contributed by atoms with van der Waals surface area (Å²) in [5.74, 6) is 1.51. The minimum Gasteiger partial charge on any atom is -0.468 e. The molecule has 40 heavy (non-hydrogen) atoms. The minimum absolute atomic E-state index is 0.0236. The molecule has 0 spiro atoms. The number of nitrogens with zero attached hydrogens (tertiary/aromatic N) is 2. The van der Waals surface area contributed by atoms with E-state index in [1.54, 1.807) is 34.1 Å². The molecule has 5 fully saturated rings. The summed E-state index contributed by atoms with van der Waals surface area (Å²) in [6, 6.07) is 5.06. The molecule has 6 aliphatic rings. The van der Waals surface area contributed by atoms with E-state index >= 15 is 0 Å². The number of hydrogen-bond acceptors (Lipinski definition) is 8. The molecule has 3 amide bonds. The lowest BCUT2D eigenvalue weighted by molar-refractivity contribution is -0.153. The van der Waals surface area contributed by atoms with Crippen molar-refractivity contribution in [2.45, 2.75) is 80.5 Å². The molecular formula is C30H33N3O5S2. The number of ether oxygens (including phenoxy) is 1. The van der Waals surface area contributed by atoms with E-state index in [9.17, 15) is 19.2 Å². The Morgan fingerprint density at radius 1 is 1.18 bits per heavy atom. The Bertz CT molecular complexity index is 1370. The number of esters is 1. The molecule has 4 saturated carbocycles. The molecule has 2 unspecified atom stereocenters. The van der Waals surface area contributed by atoms with E-state index in [-0.39, 0.29) is 35.5 Å². The smallest absolute Gasteiger partial charge is 0.316 e. The summed E-state index contributed by atoms with van der Waals surface area (Å²) in [5, 5.41) is 5.30. The topological polar surface area (TPSA) is 106 Å². The highest BCUT2D eigenvalue weighted by Gasteiger charge is 2.57. The van der Waals surface area contributed by atoms with Crippen LogP contribution in [-0.4, -0.2) is 46.7 Å². The van der Waals surface area contributed by atoms with Crippen LogP contribution in [0.3, 0.4) is 0 Å². The average molecular weight is 580 g/mol. The molecule has 0 radical (unpaired) electrons. The Hall–Kier alpha value is -2.72. The van der Waals surface area contributed by atoms with Crippen molar-refractivity contribution in [1.82, 2.24) is 15.2 Å². The molecular weight excluding hydrogens is 546 g/mol. The zero-order valence-corrected chi connectivity index (χ0v) is 24.2. The monoisotopic (exact) mass is 579 g/mol. The maximum atomic E-state index is 13.2. The van der Waals surface area contributed by atoms with E-state index in [1.807, 2.05) is 12.1 Å². The fourth-order valence-corrected chi connectivity index (χ4v) is 10.8. The molecule has 10 heteroatoms. The zero-order chi connectivity index (χ0) is 27.6. The number of aromatic nitrogens is 1. The first kappa shape index (κ1) is 26.2. The Kier molecular flexibility index (Phi) is 6.53. The van der Waals surface area contributed by atoms with Crippen LogP contribution in [0.2, 0.25) is 0 Å². The molecule has 2 aromatic rings. The Labute approximate surface area is 241 Å². The molecule has 4 bridgehead atoms. The van der Waals surface area contributed by atoms with Crippen molar-refractivity contribution in [3.05, 3.63) is 45.4 Å². The lowest BCUT2D eigenvalue weighted by atomic mass is 9.46. The van der Waals surface area contributed by atoms with Crippen LogP contribution in [0, 0.1) is 23.2 Å². The third-order valence-corrected chi connectivity index (χ3v) is 12.0. The third kappa shape index (κ3) is 4.38. The fourth-order valence-electron chi connectivity index (χ4n) is 8.63. The van der Waals surface area contributed by atoms with Gasteiger partial charge in [0.05, 0.1) is 12.8 Å². The van der Waals surface area contributed by atoms with Crippen LogP contribution in [0.5, 0.6) is 0 Å². The Morgan fingerprint density at radius 2 is 1.90 bits per heavy atom. The Morgan fingerprint density at radius 3 is 2.58 bits per heavy atom. The lowest BCUT2D eigenvalue weighted by Crippen LogP contribution is -2.52. The number of carbonyl (C=O) groups is 4. The number of thioether (sulfide) groups is 1. The second kappa shape index (κ2) is 9.98. The summed E-state index contributed by atoms with van der Waals surface area (Å²) >= 11 is 3.20. The van der Waals surface area contributed by atoms with Crippen LogP contribution >= 0.6 is 23.1 Å². The number of thiazole rings is 1. The molecule has 210 valence electrons. The van der Waals surface area contributed by atoms with Crippen LogP contribution in [0.1, 0.15) is 83.9 Å². The van der Waals surface area contributed by atoms with Gasteiger partial charge in [0.1, 0.15) is 17.0 Å². The van der Waals surface area contributed by atoms with Crippen molar-refractivity contribution < 1.29 is 23.9 Å². The molecule has 1 aromatic heterocycles. The van der Waals surface area contributed by atoms with Gasteiger partial charge in [0.25, 0.3) is 5.91 Å². The largest absolute Gasteiger partial charge is 0.468 e. The molecule has 1 N–H and O–H groups in total. The van der Waals surface area contributed by atoms with Gasteiger partial charge >= 0.3 is 5.97 Å². The molecule has 1 saturated heterocycles. The highest BCUT2D eigenvalue weighted by atomic mass is 32.2. The SMILES string of the molecule is COC(=O)C(c1nc(CSc2cccc3c2CN(C2CCC(=O)NC2=O)C3=O)cs1)C12CC3CC(CC(C3)C1)C2. The predicted molar refractivity (Wildman–Crippen MR) is 150 cm³/mol. The number of methoxy groups -OCH3 is 1. The highest BCUT2D eigenvalue weighted by Crippen LogP contribution is 2.65. The van der Waals surface area contributed by atoms with Crippen LogP contribution in [0.4, 0.5) is 0 Å². The summed E-state index contributed by atoms with van der Waals surface area (Å²) in [6.07, 6.45) is 7.86. The van der Waals surface area contributed by atoms with Crippen molar-refractivity contribution >= 4 is 46.8 Å².